The number of rotatable bonds is 7. The number of anilines is 1. The molecule has 0 aromatic carbocycles. The van der Waals surface area contributed by atoms with Crippen LogP contribution < -0.4 is 9.62 Å². The van der Waals surface area contributed by atoms with E-state index in [-0.39, 0.29) is 5.92 Å². The van der Waals surface area contributed by atoms with Crippen molar-refractivity contribution in [3.8, 4) is 0 Å². The summed E-state index contributed by atoms with van der Waals surface area (Å²) in [7, 11) is -1.21. The number of carbonyl (C=O) groups is 1. The Bertz CT molecular complexity index is 929. The number of hydrogen-bond acceptors (Lipinski definition) is 5. The fraction of sp³-hybridized carbons (Fsp3) is 0.455. The van der Waals surface area contributed by atoms with E-state index >= 15 is 0 Å². The number of pyridine rings is 1. The van der Waals surface area contributed by atoms with Crippen LogP contribution in [-0.4, -0.2) is 52.7 Å². The van der Waals surface area contributed by atoms with E-state index in [0.717, 1.165) is 54.1 Å². The maximum atomic E-state index is 13.0. The van der Waals surface area contributed by atoms with E-state index in [1.54, 1.807) is 16.7 Å². The van der Waals surface area contributed by atoms with Crippen molar-refractivity contribution in [2.75, 3.05) is 37.6 Å². The summed E-state index contributed by atoms with van der Waals surface area (Å²) < 4.78 is 16.4. The maximum absolute atomic E-state index is 13.0. The van der Waals surface area contributed by atoms with Gasteiger partial charge >= 0.3 is 0 Å². The molecule has 0 bridgehead atoms. The molecule has 0 aliphatic carbocycles. The Kier molecular flexibility index (Phi) is 7.92. The average Bonchev–Trinajstić information content (AvgIpc) is 3.45. The van der Waals surface area contributed by atoms with Crippen LogP contribution in [0.4, 0.5) is 5.69 Å². The predicted octanol–water partition coefficient (Wildman–Crippen LogP) is 3.89. The second kappa shape index (κ2) is 10.8. The van der Waals surface area contributed by atoms with Crippen molar-refractivity contribution in [2.24, 2.45) is 11.8 Å². The Morgan fingerprint density at radius 2 is 1.97 bits per heavy atom. The third-order valence-electron chi connectivity index (χ3n) is 5.93. The van der Waals surface area contributed by atoms with Gasteiger partial charge in [-0.1, -0.05) is 0 Å². The zero-order valence-corrected chi connectivity index (χ0v) is 20.5. The summed E-state index contributed by atoms with van der Waals surface area (Å²) in [6, 6.07) is 8.02. The van der Waals surface area contributed by atoms with E-state index < -0.39 is 11.0 Å². The first-order valence-electron chi connectivity index (χ1n) is 10.6. The first kappa shape index (κ1) is 22.6. The van der Waals surface area contributed by atoms with Crippen molar-refractivity contribution in [3.63, 3.8) is 0 Å². The molecule has 1 N–H and O–H groups in total. The van der Waals surface area contributed by atoms with Gasteiger partial charge in [-0.2, -0.15) is 0 Å². The van der Waals surface area contributed by atoms with Crippen molar-refractivity contribution in [1.29, 1.82) is 0 Å². The highest BCUT2D eigenvalue weighted by Crippen LogP contribution is 2.27. The number of hydrogen-bond donors (Lipinski definition) is 1. The van der Waals surface area contributed by atoms with Gasteiger partial charge in [-0.25, -0.2) is 8.93 Å². The number of nitrogens with one attached hydrogen (secondary N) is 1. The first-order chi connectivity index (χ1) is 15.1. The molecule has 2 aliphatic heterocycles. The summed E-state index contributed by atoms with van der Waals surface area (Å²) in [5, 5.41) is 1.69. The molecular formula is C22H27BrN4O2S2. The molecule has 1 amide bonds. The lowest BCUT2D eigenvalue weighted by Crippen LogP contribution is -2.42. The van der Waals surface area contributed by atoms with Crippen LogP contribution in [-0.2, 0) is 15.8 Å². The molecule has 2 fully saturated rings. The summed E-state index contributed by atoms with van der Waals surface area (Å²) in [5.41, 5.74) is 1.18. The number of amides is 1. The molecule has 0 radical (unpaired) electrons. The quantitative estimate of drug-likeness (QED) is 0.598. The number of halogens is 1. The lowest BCUT2D eigenvalue weighted by atomic mass is 9.95. The van der Waals surface area contributed by atoms with E-state index in [9.17, 15) is 9.00 Å². The van der Waals surface area contributed by atoms with E-state index in [0.29, 0.717) is 18.4 Å². The van der Waals surface area contributed by atoms with Gasteiger partial charge in [0.15, 0.2) is 0 Å². The highest BCUT2D eigenvalue weighted by molar-refractivity contribution is 9.11. The van der Waals surface area contributed by atoms with Gasteiger partial charge in [0.25, 0.3) is 0 Å². The Balaban J connectivity index is 1.19. The van der Waals surface area contributed by atoms with Crippen LogP contribution in [0.25, 0.3) is 6.08 Å². The zero-order chi connectivity index (χ0) is 21.6. The Labute approximate surface area is 198 Å². The van der Waals surface area contributed by atoms with E-state index in [2.05, 4.69) is 30.5 Å². The second-order valence-corrected chi connectivity index (χ2v) is 11.6. The molecule has 9 heteroatoms. The Morgan fingerprint density at radius 1 is 1.19 bits per heavy atom. The molecule has 2 aliphatic rings. The van der Waals surface area contributed by atoms with Gasteiger partial charge < -0.3 is 9.80 Å². The molecule has 4 heterocycles. The molecule has 4 rings (SSSR count). The number of carbonyl (C=O) groups excluding carboxylic acids is 1. The minimum Gasteiger partial charge on any atom is -0.371 e. The van der Waals surface area contributed by atoms with E-state index in [1.807, 2.05) is 47.6 Å². The summed E-state index contributed by atoms with van der Waals surface area (Å²) in [4.78, 5) is 22.5. The summed E-state index contributed by atoms with van der Waals surface area (Å²) in [6.45, 7) is 4.04. The normalized spacial score (nSPS) is 21.1. The number of aromatic nitrogens is 1. The van der Waals surface area contributed by atoms with Crippen LogP contribution >= 0.6 is 27.3 Å². The average molecular weight is 524 g/mol. The van der Waals surface area contributed by atoms with Crippen LogP contribution in [0.1, 0.15) is 24.1 Å². The van der Waals surface area contributed by atoms with Crippen molar-refractivity contribution in [2.45, 2.75) is 19.3 Å². The number of likely N-dealkylation sites (tertiary alicyclic amines) is 1. The standard InChI is InChI=1S/C22H27BrN4O2S2/c23-21-2-1-20(30-21)8-14-31(29)25-15-17-5-11-27(16-17)22(28)18-6-12-26(13-7-18)19-3-9-24-10-4-19/h1-4,8-10,14,17-18,25H,5-7,11-13,15-16H2/b14-8+. The predicted molar refractivity (Wildman–Crippen MR) is 131 cm³/mol. The van der Waals surface area contributed by atoms with E-state index in [1.165, 1.54) is 5.69 Å². The number of nitrogens with zero attached hydrogens (tertiary/aromatic N) is 3. The van der Waals surface area contributed by atoms with Crippen molar-refractivity contribution >= 4 is 55.9 Å². The topological polar surface area (TPSA) is 65.5 Å². The lowest BCUT2D eigenvalue weighted by Gasteiger charge is -2.34. The van der Waals surface area contributed by atoms with Crippen LogP contribution in [0.3, 0.4) is 0 Å². The molecule has 0 saturated carbocycles. The largest absolute Gasteiger partial charge is 0.371 e. The molecule has 2 aromatic rings. The van der Waals surface area contributed by atoms with Gasteiger partial charge in [-0.05, 0) is 71.5 Å². The molecule has 0 spiro atoms. The number of thiophene rings is 1. The van der Waals surface area contributed by atoms with Crippen molar-refractivity contribution < 1.29 is 9.00 Å². The first-order valence-corrected chi connectivity index (χ1v) is 13.4. The highest BCUT2D eigenvalue weighted by atomic mass is 79.9. The summed E-state index contributed by atoms with van der Waals surface area (Å²) in [6.07, 6.45) is 8.27. The smallest absolute Gasteiger partial charge is 0.225 e. The molecule has 166 valence electrons. The number of piperidine rings is 1. The van der Waals surface area contributed by atoms with Crippen molar-refractivity contribution in [1.82, 2.24) is 14.6 Å². The highest BCUT2D eigenvalue weighted by Gasteiger charge is 2.32. The minimum absolute atomic E-state index is 0.118. The minimum atomic E-state index is -1.21. The second-order valence-electron chi connectivity index (χ2n) is 8.00. The third-order valence-corrected chi connectivity index (χ3v) is 8.36. The fourth-order valence-electron chi connectivity index (χ4n) is 4.19. The molecule has 2 atom stereocenters. The van der Waals surface area contributed by atoms with Gasteiger partial charge in [0.1, 0.15) is 11.0 Å². The van der Waals surface area contributed by atoms with Gasteiger partial charge in [0.2, 0.25) is 5.91 Å². The third kappa shape index (κ3) is 6.25. The van der Waals surface area contributed by atoms with Gasteiger partial charge in [-0.3, -0.25) is 9.78 Å². The SMILES string of the molecule is O=C(C1CCN(c2ccncc2)CC1)N1CCC(CNS(=O)/C=C/c2ccc(Br)s2)C1. The Hall–Kier alpha value is -1.55. The van der Waals surface area contributed by atoms with Crippen LogP contribution in [0.5, 0.6) is 0 Å². The lowest BCUT2D eigenvalue weighted by molar-refractivity contribution is -0.135. The summed E-state index contributed by atoms with van der Waals surface area (Å²) >= 11 is 5.04. The monoisotopic (exact) mass is 522 g/mol. The van der Waals surface area contributed by atoms with Gasteiger partial charge in [0.05, 0.1) is 3.79 Å². The molecule has 2 aromatic heterocycles. The van der Waals surface area contributed by atoms with Crippen LogP contribution in [0, 0.1) is 11.8 Å². The molecule has 2 unspecified atom stereocenters. The van der Waals surface area contributed by atoms with E-state index in [4.69, 9.17) is 0 Å². The van der Waals surface area contributed by atoms with Crippen molar-refractivity contribution in [3.05, 3.63) is 50.7 Å². The molecular weight excluding hydrogens is 496 g/mol. The Morgan fingerprint density at radius 3 is 2.68 bits per heavy atom. The maximum Gasteiger partial charge on any atom is 0.225 e. The zero-order valence-electron chi connectivity index (χ0n) is 17.3. The van der Waals surface area contributed by atoms with Crippen LogP contribution in [0.2, 0.25) is 0 Å². The fourth-order valence-corrected chi connectivity index (χ4v) is 6.37. The summed E-state index contributed by atoms with van der Waals surface area (Å²) in [5.74, 6) is 0.766. The van der Waals surface area contributed by atoms with Gasteiger partial charge in [-0.15, -0.1) is 11.3 Å². The van der Waals surface area contributed by atoms with Crippen LogP contribution in [0.15, 0.2) is 45.9 Å². The molecule has 6 nitrogen and oxygen atoms in total. The van der Waals surface area contributed by atoms with Gasteiger partial charge in [0, 0.05) is 67.0 Å². The molecule has 31 heavy (non-hydrogen) atoms. The molecule has 2 saturated heterocycles.